The van der Waals surface area contributed by atoms with Gasteiger partial charge in [-0.3, -0.25) is 14.5 Å². The summed E-state index contributed by atoms with van der Waals surface area (Å²) >= 11 is 0. The van der Waals surface area contributed by atoms with Gasteiger partial charge in [0.05, 0.1) is 18.8 Å². The van der Waals surface area contributed by atoms with Crippen LogP contribution in [0.3, 0.4) is 0 Å². The van der Waals surface area contributed by atoms with Gasteiger partial charge in [0.2, 0.25) is 0 Å². The van der Waals surface area contributed by atoms with Crippen LogP contribution in [-0.2, 0) is 9.59 Å². The van der Waals surface area contributed by atoms with Gasteiger partial charge in [-0.25, -0.2) is 8.78 Å². The molecule has 166 valence electrons. The number of piperazine rings is 1. The van der Waals surface area contributed by atoms with Crippen molar-refractivity contribution in [2.75, 3.05) is 52.2 Å². The molecule has 0 spiro atoms. The van der Waals surface area contributed by atoms with Crippen molar-refractivity contribution in [3.63, 3.8) is 0 Å². The first-order chi connectivity index (χ1) is 14.9. The third-order valence-electron chi connectivity index (χ3n) is 5.32. The molecular weight excluding hydrogens is 406 g/mol. The van der Waals surface area contributed by atoms with Gasteiger partial charge in [-0.05, 0) is 36.9 Å². The number of hydrogen-bond donors (Lipinski definition) is 2. The SMILES string of the molecule is COc1ccc([C@H](CNC(=O)C(=O)Nc2cc(F)ccc2F)N2CCN(C)CC2)cc1. The highest BCUT2D eigenvalue weighted by Gasteiger charge is 2.26. The molecule has 3 rings (SSSR count). The molecule has 2 N–H and O–H groups in total. The number of hydrogen-bond acceptors (Lipinski definition) is 5. The summed E-state index contributed by atoms with van der Waals surface area (Å²) in [5.41, 5.74) is 0.591. The lowest BCUT2D eigenvalue weighted by atomic mass is 10.0. The molecule has 2 amide bonds. The third-order valence-corrected chi connectivity index (χ3v) is 5.32. The molecule has 0 aromatic heterocycles. The Morgan fingerprint density at radius 1 is 1.03 bits per heavy atom. The Morgan fingerprint density at radius 2 is 1.71 bits per heavy atom. The number of halogens is 2. The Hall–Kier alpha value is -3.04. The first kappa shape index (κ1) is 22.6. The van der Waals surface area contributed by atoms with Crippen molar-refractivity contribution < 1.29 is 23.1 Å². The van der Waals surface area contributed by atoms with Crippen molar-refractivity contribution in [2.45, 2.75) is 6.04 Å². The van der Waals surface area contributed by atoms with E-state index in [1.165, 1.54) is 0 Å². The van der Waals surface area contributed by atoms with Crippen molar-refractivity contribution in [3.05, 3.63) is 59.7 Å². The summed E-state index contributed by atoms with van der Waals surface area (Å²) in [5.74, 6) is -2.79. The molecule has 0 aliphatic carbocycles. The Bertz CT molecular complexity index is 915. The minimum Gasteiger partial charge on any atom is -0.497 e. The number of nitrogens with one attached hydrogen (secondary N) is 2. The van der Waals surface area contributed by atoms with Crippen molar-refractivity contribution in [2.24, 2.45) is 0 Å². The predicted octanol–water partition coefficient (Wildman–Crippen LogP) is 2.02. The molecule has 1 heterocycles. The number of benzene rings is 2. The largest absolute Gasteiger partial charge is 0.497 e. The first-order valence-electron chi connectivity index (χ1n) is 9.98. The number of methoxy groups -OCH3 is 1. The van der Waals surface area contributed by atoms with Gasteiger partial charge in [0.15, 0.2) is 0 Å². The Morgan fingerprint density at radius 3 is 2.35 bits per heavy atom. The fourth-order valence-electron chi connectivity index (χ4n) is 3.46. The van der Waals surface area contributed by atoms with E-state index in [0.717, 1.165) is 55.7 Å². The molecule has 1 fully saturated rings. The maximum absolute atomic E-state index is 13.7. The lowest BCUT2D eigenvalue weighted by Gasteiger charge is -2.38. The second kappa shape index (κ2) is 10.3. The molecule has 31 heavy (non-hydrogen) atoms. The van der Waals surface area contributed by atoms with Crippen molar-refractivity contribution in [1.82, 2.24) is 15.1 Å². The highest BCUT2D eigenvalue weighted by Crippen LogP contribution is 2.24. The van der Waals surface area contributed by atoms with Crippen LogP contribution in [0.2, 0.25) is 0 Å². The van der Waals surface area contributed by atoms with Gasteiger partial charge in [0.25, 0.3) is 0 Å². The van der Waals surface area contributed by atoms with E-state index in [2.05, 4.69) is 27.5 Å². The zero-order chi connectivity index (χ0) is 22.4. The van der Waals surface area contributed by atoms with Gasteiger partial charge >= 0.3 is 11.8 Å². The summed E-state index contributed by atoms with van der Waals surface area (Å²) in [6, 6.07) is 10.0. The van der Waals surface area contributed by atoms with Gasteiger partial charge in [-0.1, -0.05) is 12.1 Å². The second-order valence-electron chi connectivity index (χ2n) is 7.42. The molecule has 0 saturated carbocycles. The summed E-state index contributed by atoms with van der Waals surface area (Å²) < 4.78 is 32.2. The van der Waals surface area contributed by atoms with E-state index < -0.39 is 23.4 Å². The molecule has 0 unspecified atom stereocenters. The van der Waals surface area contributed by atoms with Crippen LogP contribution in [0.15, 0.2) is 42.5 Å². The summed E-state index contributed by atoms with van der Waals surface area (Å²) in [6.07, 6.45) is 0. The molecule has 7 nitrogen and oxygen atoms in total. The third kappa shape index (κ3) is 5.99. The van der Waals surface area contributed by atoms with Crippen LogP contribution in [0.1, 0.15) is 11.6 Å². The minimum atomic E-state index is -1.06. The predicted molar refractivity (Wildman–Crippen MR) is 113 cm³/mol. The van der Waals surface area contributed by atoms with E-state index in [4.69, 9.17) is 4.74 Å². The van der Waals surface area contributed by atoms with Crippen molar-refractivity contribution in [3.8, 4) is 5.75 Å². The Kier molecular flexibility index (Phi) is 7.54. The topological polar surface area (TPSA) is 73.9 Å². The molecule has 0 radical (unpaired) electrons. The lowest BCUT2D eigenvalue weighted by molar-refractivity contribution is -0.136. The summed E-state index contributed by atoms with van der Waals surface area (Å²) in [6.45, 7) is 3.58. The highest BCUT2D eigenvalue weighted by atomic mass is 19.1. The maximum Gasteiger partial charge on any atom is 0.313 e. The van der Waals surface area contributed by atoms with E-state index in [1.54, 1.807) is 7.11 Å². The number of carbonyl (C=O) groups excluding carboxylic acids is 2. The van der Waals surface area contributed by atoms with Gasteiger partial charge < -0.3 is 20.3 Å². The number of nitrogens with zero attached hydrogens (tertiary/aromatic N) is 2. The van der Waals surface area contributed by atoms with Crippen LogP contribution in [-0.4, -0.2) is 68.5 Å². The van der Waals surface area contributed by atoms with Gasteiger partial charge in [-0.2, -0.15) is 0 Å². The van der Waals surface area contributed by atoms with Crippen LogP contribution in [0.4, 0.5) is 14.5 Å². The molecule has 2 aromatic rings. The molecule has 1 saturated heterocycles. The van der Waals surface area contributed by atoms with Crippen LogP contribution < -0.4 is 15.4 Å². The number of likely N-dealkylation sites (N-methyl/N-ethyl adjacent to an activating group) is 1. The molecule has 1 atom stereocenters. The van der Waals surface area contributed by atoms with E-state index in [0.29, 0.717) is 0 Å². The second-order valence-corrected chi connectivity index (χ2v) is 7.42. The van der Waals surface area contributed by atoms with Gasteiger partial charge in [-0.15, -0.1) is 0 Å². The van der Waals surface area contributed by atoms with Gasteiger partial charge in [0, 0.05) is 38.8 Å². The molecule has 2 aromatic carbocycles. The standard InChI is InChI=1S/C22H26F2N4O3/c1-27-9-11-28(12-10-27)20(15-3-6-17(31-2)7-4-15)14-25-21(29)22(30)26-19-13-16(23)5-8-18(19)24/h3-8,13,20H,9-12,14H2,1-2H3,(H,25,29)(H,26,30)/t20-/m0/s1. The summed E-state index contributed by atoms with van der Waals surface area (Å²) in [5, 5.41) is 4.73. The average molecular weight is 432 g/mol. The quantitative estimate of drug-likeness (QED) is 0.684. The highest BCUT2D eigenvalue weighted by molar-refractivity contribution is 6.39. The van der Waals surface area contributed by atoms with Crippen molar-refractivity contribution >= 4 is 17.5 Å². The number of anilines is 1. The Labute approximate surface area is 180 Å². The van der Waals surface area contributed by atoms with Crippen molar-refractivity contribution in [1.29, 1.82) is 0 Å². The van der Waals surface area contributed by atoms with Crippen LogP contribution in [0.5, 0.6) is 5.75 Å². The molecular formula is C22H26F2N4O3. The normalized spacial score (nSPS) is 15.9. The first-order valence-corrected chi connectivity index (χ1v) is 9.98. The van der Waals surface area contributed by atoms with E-state index in [-0.39, 0.29) is 18.3 Å². The molecule has 1 aliphatic heterocycles. The lowest BCUT2D eigenvalue weighted by Crippen LogP contribution is -2.49. The zero-order valence-corrected chi connectivity index (χ0v) is 17.5. The fourth-order valence-corrected chi connectivity index (χ4v) is 3.46. The zero-order valence-electron chi connectivity index (χ0n) is 17.5. The van der Waals surface area contributed by atoms with Gasteiger partial charge in [0.1, 0.15) is 17.4 Å². The fraction of sp³-hybridized carbons (Fsp3) is 0.364. The van der Waals surface area contributed by atoms with E-state index in [1.807, 2.05) is 24.3 Å². The smallest absolute Gasteiger partial charge is 0.313 e. The maximum atomic E-state index is 13.7. The summed E-state index contributed by atoms with van der Waals surface area (Å²) in [7, 11) is 3.64. The number of ether oxygens (including phenoxy) is 1. The molecule has 9 heteroatoms. The van der Waals surface area contributed by atoms with Crippen LogP contribution in [0, 0.1) is 11.6 Å². The Balaban J connectivity index is 1.67. The van der Waals surface area contributed by atoms with Crippen LogP contribution in [0.25, 0.3) is 0 Å². The number of amides is 2. The van der Waals surface area contributed by atoms with E-state index >= 15 is 0 Å². The molecule has 0 bridgehead atoms. The minimum absolute atomic E-state index is 0.151. The monoisotopic (exact) mass is 432 g/mol. The summed E-state index contributed by atoms with van der Waals surface area (Å²) in [4.78, 5) is 29.0. The number of rotatable bonds is 6. The molecule has 1 aliphatic rings. The van der Waals surface area contributed by atoms with Crippen LogP contribution >= 0.6 is 0 Å². The number of carbonyl (C=O) groups is 2. The average Bonchev–Trinajstić information content (AvgIpc) is 2.77. The van der Waals surface area contributed by atoms with E-state index in [9.17, 15) is 18.4 Å².